The van der Waals surface area contributed by atoms with Gasteiger partial charge in [0.15, 0.2) is 5.69 Å². The summed E-state index contributed by atoms with van der Waals surface area (Å²) in [6.07, 6.45) is 0.748. The number of nitrogens with one attached hydrogen (secondary N) is 1. The number of nitrogens with zero attached hydrogens (tertiary/aromatic N) is 4. The predicted octanol–water partition coefficient (Wildman–Crippen LogP) is 1.07. The summed E-state index contributed by atoms with van der Waals surface area (Å²) in [6, 6.07) is 9.52. The van der Waals surface area contributed by atoms with Crippen LogP contribution in [0.5, 0.6) is 0 Å². The van der Waals surface area contributed by atoms with E-state index in [0.29, 0.717) is 38.5 Å². The van der Waals surface area contributed by atoms with Crippen molar-refractivity contribution >= 4 is 17.7 Å². The number of carbonyl (C=O) groups is 3. The molecule has 0 fully saturated rings. The molecular weight excluding hydrogens is 398 g/mol. The summed E-state index contributed by atoms with van der Waals surface area (Å²) < 4.78 is 6.49. The third kappa shape index (κ3) is 5.49. The molecule has 0 unspecified atom stereocenters. The zero-order valence-electron chi connectivity index (χ0n) is 18.3. The molecule has 1 aliphatic rings. The van der Waals surface area contributed by atoms with Crippen molar-refractivity contribution in [2.75, 3.05) is 40.4 Å². The molecule has 0 radical (unpaired) electrons. The van der Waals surface area contributed by atoms with E-state index in [4.69, 9.17) is 4.74 Å². The molecular formula is C22H29N5O4. The van der Waals surface area contributed by atoms with Crippen LogP contribution in [-0.2, 0) is 22.6 Å². The van der Waals surface area contributed by atoms with Crippen LogP contribution in [0.15, 0.2) is 30.3 Å². The van der Waals surface area contributed by atoms with Crippen LogP contribution in [0.25, 0.3) is 0 Å². The van der Waals surface area contributed by atoms with Gasteiger partial charge in [0.05, 0.1) is 13.2 Å². The number of aryl methyl sites for hydroxylation is 2. The van der Waals surface area contributed by atoms with Crippen molar-refractivity contribution in [2.45, 2.75) is 26.4 Å². The fourth-order valence-corrected chi connectivity index (χ4v) is 3.51. The predicted molar refractivity (Wildman–Crippen MR) is 115 cm³/mol. The minimum atomic E-state index is -0.402. The lowest BCUT2D eigenvalue weighted by Gasteiger charge is -2.21. The Balaban J connectivity index is 1.70. The van der Waals surface area contributed by atoms with Gasteiger partial charge in [-0.2, -0.15) is 5.10 Å². The standard InChI is InChI=1S/C22H29N5O4/c1-16-7-4-5-8-17(16)14-26-10-6-11-27-19(22(26)30)13-18(24-27)21(29)25(2)15-20(28)23-9-12-31-3/h4-5,7-8,13H,6,9-12,14-15H2,1-3H3,(H,23,28). The number of ether oxygens (including phenoxy) is 1. The van der Waals surface area contributed by atoms with Crippen LogP contribution in [0.2, 0.25) is 0 Å². The maximum absolute atomic E-state index is 13.1. The zero-order valence-corrected chi connectivity index (χ0v) is 18.3. The van der Waals surface area contributed by atoms with E-state index >= 15 is 0 Å². The molecule has 3 amide bonds. The van der Waals surface area contributed by atoms with Crippen molar-refractivity contribution in [2.24, 2.45) is 0 Å². The lowest BCUT2D eigenvalue weighted by atomic mass is 10.1. The van der Waals surface area contributed by atoms with E-state index in [2.05, 4.69) is 10.4 Å². The Morgan fingerprint density at radius 3 is 2.77 bits per heavy atom. The van der Waals surface area contributed by atoms with Crippen molar-refractivity contribution in [3.05, 3.63) is 52.8 Å². The fraction of sp³-hybridized carbons (Fsp3) is 0.455. The Hall–Kier alpha value is -3.20. The van der Waals surface area contributed by atoms with Gasteiger partial charge in [-0.25, -0.2) is 0 Å². The quantitative estimate of drug-likeness (QED) is 0.636. The number of amides is 3. The molecule has 0 spiro atoms. The van der Waals surface area contributed by atoms with E-state index in [1.165, 1.54) is 18.0 Å². The largest absolute Gasteiger partial charge is 0.383 e. The molecule has 0 saturated heterocycles. The molecule has 1 N–H and O–H groups in total. The third-order valence-corrected chi connectivity index (χ3v) is 5.28. The molecule has 3 rings (SSSR count). The highest BCUT2D eigenvalue weighted by molar-refractivity contribution is 5.99. The van der Waals surface area contributed by atoms with Gasteiger partial charge in [0, 0.05) is 46.4 Å². The van der Waals surface area contributed by atoms with E-state index < -0.39 is 5.91 Å². The average molecular weight is 428 g/mol. The molecule has 0 bridgehead atoms. The third-order valence-electron chi connectivity index (χ3n) is 5.28. The fourth-order valence-electron chi connectivity index (χ4n) is 3.51. The van der Waals surface area contributed by atoms with E-state index in [0.717, 1.165) is 17.5 Å². The summed E-state index contributed by atoms with van der Waals surface area (Å²) in [5, 5.41) is 7.02. The van der Waals surface area contributed by atoms with Gasteiger partial charge in [-0.15, -0.1) is 0 Å². The first-order valence-electron chi connectivity index (χ1n) is 10.3. The van der Waals surface area contributed by atoms with Crippen LogP contribution >= 0.6 is 0 Å². The van der Waals surface area contributed by atoms with Crippen LogP contribution in [0.1, 0.15) is 38.5 Å². The number of likely N-dealkylation sites (N-methyl/N-ethyl adjacent to an activating group) is 1. The van der Waals surface area contributed by atoms with Crippen LogP contribution in [0.3, 0.4) is 0 Å². The summed E-state index contributed by atoms with van der Waals surface area (Å²) in [5.74, 6) is -0.831. The summed E-state index contributed by atoms with van der Waals surface area (Å²) >= 11 is 0. The minimum absolute atomic E-state index is 0.0991. The number of benzene rings is 1. The van der Waals surface area contributed by atoms with E-state index in [1.807, 2.05) is 31.2 Å². The molecule has 1 aromatic heterocycles. The van der Waals surface area contributed by atoms with Gasteiger partial charge in [-0.1, -0.05) is 24.3 Å². The van der Waals surface area contributed by atoms with Crippen LogP contribution in [0.4, 0.5) is 0 Å². The van der Waals surface area contributed by atoms with Gasteiger partial charge >= 0.3 is 0 Å². The summed E-state index contributed by atoms with van der Waals surface area (Å²) in [5.41, 5.74) is 2.79. The number of aromatic nitrogens is 2. The summed E-state index contributed by atoms with van der Waals surface area (Å²) in [4.78, 5) is 40.9. The maximum Gasteiger partial charge on any atom is 0.274 e. The second kappa shape index (κ2) is 10.2. The SMILES string of the molecule is COCCNC(=O)CN(C)C(=O)c1cc2n(n1)CCCN(Cc1ccccc1C)C2=O. The first-order valence-corrected chi connectivity index (χ1v) is 10.3. The van der Waals surface area contributed by atoms with Crippen LogP contribution < -0.4 is 5.32 Å². The van der Waals surface area contributed by atoms with Crippen LogP contribution in [0, 0.1) is 6.92 Å². The number of methoxy groups -OCH3 is 1. The number of rotatable bonds is 8. The molecule has 0 saturated carbocycles. The van der Waals surface area contributed by atoms with Crippen molar-refractivity contribution in [3.8, 4) is 0 Å². The Bertz CT molecular complexity index is 955. The Labute approximate surface area is 182 Å². The molecule has 31 heavy (non-hydrogen) atoms. The van der Waals surface area contributed by atoms with E-state index in [9.17, 15) is 14.4 Å². The van der Waals surface area contributed by atoms with Gasteiger partial charge in [-0.3, -0.25) is 19.1 Å². The smallest absolute Gasteiger partial charge is 0.274 e. The van der Waals surface area contributed by atoms with E-state index in [-0.39, 0.29) is 24.1 Å². The minimum Gasteiger partial charge on any atom is -0.383 e. The molecule has 166 valence electrons. The molecule has 1 aliphatic heterocycles. The van der Waals surface area contributed by atoms with E-state index in [1.54, 1.807) is 16.7 Å². The highest BCUT2D eigenvalue weighted by Crippen LogP contribution is 2.18. The summed E-state index contributed by atoms with van der Waals surface area (Å²) in [7, 11) is 3.09. The van der Waals surface area contributed by atoms with Gasteiger partial charge in [0.1, 0.15) is 5.69 Å². The van der Waals surface area contributed by atoms with Gasteiger partial charge in [-0.05, 0) is 24.5 Å². The molecule has 2 heterocycles. The highest BCUT2D eigenvalue weighted by atomic mass is 16.5. The highest BCUT2D eigenvalue weighted by Gasteiger charge is 2.27. The summed E-state index contributed by atoms with van der Waals surface area (Å²) in [6.45, 7) is 4.40. The van der Waals surface area contributed by atoms with Gasteiger partial charge < -0.3 is 19.9 Å². The topological polar surface area (TPSA) is 96.8 Å². The monoisotopic (exact) mass is 427 g/mol. The molecule has 2 aromatic rings. The normalized spacial score (nSPS) is 13.5. The zero-order chi connectivity index (χ0) is 22.4. The van der Waals surface area contributed by atoms with Gasteiger partial charge in [0.25, 0.3) is 11.8 Å². The molecule has 0 atom stereocenters. The van der Waals surface area contributed by atoms with Crippen molar-refractivity contribution in [1.29, 1.82) is 0 Å². The molecule has 1 aromatic carbocycles. The number of hydrogen-bond donors (Lipinski definition) is 1. The van der Waals surface area contributed by atoms with Crippen molar-refractivity contribution < 1.29 is 19.1 Å². The Morgan fingerprint density at radius 1 is 1.26 bits per heavy atom. The lowest BCUT2D eigenvalue weighted by Crippen LogP contribution is -2.39. The maximum atomic E-state index is 13.1. The average Bonchev–Trinajstić information content (AvgIpc) is 3.11. The van der Waals surface area contributed by atoms with Gasteiger partial charge in [0.2, 0.25) is 5.91 Å². The van der Waals surface area contributed by atoms with Crippen molar-refractivity contribution in [1.82, 2.24) is 24.9 Å². The van der Waals surface area contributed by atoms with Crippen LogP contribution in [-0.4, -0.2) is 77.7 Å². The second-order valence-electron chi connectivity index (χ2n) is 7.65. The van der Waals surface area contributed by atoms with Crippen molar-refractivity contribution in [3.63, 3.8) is 0 Å². The molecule has 9 nitrogen and oxygen atoms in total. The number of hydrogen-bond acceptors (Lipinski definition) is 5. The Morgan fingerprint density at radius 2 is 2.03 bits per heavy atom. The second-order valence-corrected chi connectivity index (χ2v) is 7.65. The molecule has 9 heteroatoms. The number of carbonyl (C=O) groups excluding carboxylic acids is 3. The lowest BCUT2D eigenvalue weighted by molar-refractivity contribution is -0.121. The molecule has 0 aliphatic carbocycles. The number of fused-ring (bicyclic) bond motifs is 1. The first-order chi connectivity index (χ1) is 14.9. The first kappa shape index (κ1) is 22.5. The Kier molecular flexibility index (Phi) is 7.41.